The highest BCUT2D eigenvalue weighted by Crippen LogP contribution is 2.18. The van der Waals surface area contributed by atoms with Crippen molar-refractivity contribution in [3.05, 3.63) is 35.6 Å². The monoisotopic (exact) mass is 193 g/mol. The van der Waals surface area contributed by atoms with Gasteiger partial charge in [0.25, 0.3) is 0 Å². The van der Waals surface area contributed by atoms with Crippen molar-refractivity contribution < 1.29 is 9.18 Å². The van der Waals surface area contributed by atoms with Gasteiger partial charge in [0.1, 0.15) is 5.82 Å². The number of ketones is 1. The summed E-state index contributed by atoms with van der Waals surface area (Å²) in [5.74, 6) is -0.404. The average Bonchev–Trinajstić information content (AvgIpc) is 2.97. The van der Waals surface area contributed by atoms with E-state index in [1.807, 2.05) is 0 Å². The summed E-state index contributed by atoms with van der Waals surface area (Å²) in [4.78, 5) is 11.5. The Morgan fingerprint density at radius 2 is 2.29 bits per heavy atom. The number of hydrogen-bond donors (Lipinski definition) is 1. The van der Waals surface area contributed by atoms with Crippen LogP contribution in [0.15, 0.2) is 24.3 Å². The van der Waals surface area contributed by atoms with E-state index in [-0.39, 0.29) is 11.6 Å². The van der Waals surface area contributed by atoms with E-state index < -0.39 is 0 Å². The van der Waals surface area contributed by atoms with Gasteiger partial charge in [0.05, 0.1) is 6.54 Å². The maximum atomic E-state index is 12.8. The second kappa shape index (κ2) is 3.88. The van der Waals surface area contributed by atoms with Gasteiger partial charge in [-0.1, -0.05) is 12.1 Å². The van der Waals surface area contributed by atoms with Crippen molar-refractivity contribution in [2.24, 2.45) is 0 Å². The Balaban J connectivity index is 1.95. The van der Waals surface area contributed by atoms with Crippen LogP contribution in [0, 0.1) is 5.82 Å². The molecular weight excluding hydrogens is 181 g/mol. The normalized spacial score (nSPS) is 15.5. The van der Waals surface area contributed by atoms with E-state index in [9.17, 15) is 9.18 Å². The smallest absolute Gasteiger partial charge is 0.176 e. The second-order valence-electron chi connectivity index (χ2n) is 3.59. The first-order valence-corrected chi connectivity index (χ1v) is 4.78. The molecule has 2 nitrogen and oxygen atoms in total. The predicted octanol–water partition coefficient (Wildman–Crippen LogP) is 1.76. The summed E-state index contributed by atoms with van der Waals surface area (Å²) in [6.45, 7) is 0.314. The zero-order valence-corrected chi connectivity index (χ0v) is 7.79. The number of benzene rings is 1. The summed E-state index contributed by atoms with van der Waals surface area (Å²) < 4.78 is 12.8. The number of hydrogen-bond acceptors (Lipinski definition) is 2. The van der Waals surface area contributed by atoms with Crippen LogP contribution in [0.1, 0.15) is 23.2 Å². The fourth-order valence-electron chi connectivity index (χ4n) is 1.29. The Morgan fingerprint density at radius 1 is 1.50 bits per heavy atom. The Labute approximate surface area is 82.1 Å². The molecule has 1 fully saturated rings. The minimum atomic E-state index is -0.359. The maximum absolute atomic E-state index is 12.8. The van der Waals surface area contributed by atoms with Gasteiger partial charge in [-0.15, -0.1) is 0 Å². The third-order valence-corrected chi connectivity index (χ3v) is 2.28. The van der Waals surface area contributed by atoms with Crippen molar-refractivity contribution in [1.82, 2.24) is 5.32 Å². The molecule has 0 bridgehead atoms. The average molecular weight is 193 g/mol. The van der Waals surface area contributed by atoms with Gasteiger partial charge in [-0.05, 0) is 25.0 Å². The number of carbonyl (C=O) groups is 1. The van der Waals surface area contributed by atoms with Crippen molar-refractivity contribution in [2.75, 3.05) is 6.54 Å². The summed E-state index contributed by atoms with van der Waals surface area (Å²) in [7, 11) is 0. The Hall–Kier alpha value is -1.22. The molecule has 1 aromatic rings. The van der Waals surface area contributed by atoms with Crippen molar-refractivity contribution in [2.45, 2.75) is 18.9 Å². The van der Waals surface area contributed by atoms with Crippen LogP contribution in [0.2, 0.25) is 0 Å². The van der Waals surface area contributed by atoms with Gasteiger partial charge in [0.15, 0.2) is 5.78 Å². The molecule has 2 rings (SSSR count). The Bertz CT molecular complexity index is 347. The van der Waals surface area contributed by atoms with Crippen LogP contribution >= 0.6 is 0 Å². The van der Waals surface area contributed by atoms with Crippen LogP contribution in [0.3, 0.4) is 0 Å². The zero-order chi connectivity index (χ0) is 9.97. The van der Waals surface area contributed by atoms with Crippen LogP contribution in [0.4, 0.5) is 4.39 Å². The highest BCUT2D eigenvalue weighted by atomic mass is 19.1. The van der Waals surface area contributed by atoms with E-state index >= 15 is 0 Å². The lowest BCUT2D eigenvalue weighted by Crippen LogP contribution is -2.24. The van der Waals surface area contributed by atoms with E-state index in [1.165, 1.54) is 12.1 Å². The minimum Gasteiger partial charge on any atom is -0.307 e. The molecule has 0 atom stereocenters. The number of Topliss-reactive ketones (excluding diaryl/α,β-unsaturated/α-hetero) is 1. The van der Waals surface area contributed by atoms with Gasteiger partial charge >= 0.3 is 0 Å². The fraction of sp³-hybridized carbons (Fsp3) is 0.364. The van der Waals surface area contributed by atoms with Gasteiger partial charge in [-0.2, -0.15) is 0 Å². The molecular formula is C11H12FNO. The first-order chi connectivity index (χ1) is 6.75. The second-order valence-corrected chi connectivity index (χ2v) is 3.59. The molecule has 0 aliphatic heterocycles. The molecule has 3 heteroatoms. The summed E-state index contributed by atoms with van der Waals surface area (Å²) >= 11 is 0. The highest BCUT2D eigenvalue weighted by Gasteiger charge is 2.21. The Morgan fingerprint density at radius 3 is 2.93 bits per heavy atom. The zero-order valence-electron chi connectivity index (χ0n) is 7.79. The van der Waals surface area contributed by atoms with E-state index in [0.717, 1.165) is 12.8 Å². The van der Waals surface area contributed by atoms with Gasteiger partial charge < -0.3 is 5.32 Å². The SMILES string of the molecule is O=C(CNC1CC1)c1cccc(F)c1. The van der Waals surface area contributed by atoms with Crippen LogP contribution in [-0.2, 0) is 0 Å². The van der Waals surface area contributed by atoms with Gasteiger partial charge in [-0.25, -0.2) is 4.39 Å². The molecule has 0 heterocycles. The lowest BCUT2D eigenvalue weighted by molar-refractivity contribution is 0.0990. The number of nitrogens with one attached hydrogen (secondary N) is 1. The summed E-state index contributed by atoms with van der Waals surface area (Å²) in [6.07, 6.45) is 2.30. The van der Waals surface area contributed by atoms with Gasteiger partial charge in [0, 0.05) is 11.6 Å². The molecule has 0 unspecified atom stereocenters. The highest BCUT2D eigenvalue weighted by molar-refractivity contribution is 5.97. The van der Waals surface area contributed by atoms with E-state index in [0.29, 0.717) is 18.2 Å². The molecule has 1 saturated carbocycles. The summed E-state index contributed by atoms with van der Waals surface area (Å²) in [5.41, 5.74) is 0.443. The molecule has 0 saturated heterocycles. The van der Waals surface area contributed by atoms with E-state index in [4.69, 9.17) is 0 Å². The minimum absolute atomic E-state index is 0.0450. The molecule has 74 valence electrons. The maximum Gasteiger partial charge on any atom is 0.176 e. The molecule has 1 N–H and O–H groups in total. The van der Waals surface area contributed by atoms with Crippen LogP contribution in [0.25, 0.3) is 0 Å². The van der Waals surface area contributed by atoms with Crippen LogP contribution in [-0.4, -0.2) is 18.4 Å². The molecule has 0 spiro atoms. The molecule has 0 aromatic heterocycles. The lowest BCUT2D eigenvalue weighted by atomic mass is 10.1. The molecule has 0 amide bonds. The number of halogens is 1. The first-order valence-electron chi connectivity index (χ1n) is 4.78. The standard InChI is InChI=1S/C11H12FNO/c12-9-3-1-2-8(6-9)11(14)7-13-10-4-5-10/h1-3,6,10,13H,4-5,7H2. The first kappa shape index (κ1) is 9.34. The van der Waals surface area contributed by atoms with Crippen LogP contribution < -0.4 is 5.32 Å². The molecule has 1 aliphatic carbocycles. The summed E-state index contributed by atoms with van der Waals surface area (Å²) in [6, 6.07) is 6.31. The molecule has 14 heavy (non-hydrogen) atoms. The van der Waals surface area contributed by atoms with E-state index in [1.54, 1.807) is 12.1 Å². The van der Waals surface area contributed by atoms with Crippen molar-refractivity contribution in [1.29, 1.82) is 0 Å². The summed E-state index contributed by atoms with van der Waals surface area (Å²) in [5, 5.41) is 3.10. The van der Waals surface area contributed by atoms with Crippen molar-refractivity contribution in [3.8, 4) is 0 Å². The number of carbonyl (C=O) groups excluding carboxylic acids is 1. The lowest BCUT2D eigenvalue weighted by Gasteiger charge is -2.01. The quantitative estimate of drug-likeness (QED) is 0.738. The molecule has 1 aliphatic rings. The Kier molecular flexibility index (Phi) is 2.59. The topological polar surface area (TPSA) is 29.1 Å². The largest absolute Gasteiger partial charge is 0.307 e. The fourth-order valence-corrected chi connectivity index (χ4v) is 1.29. The van der Waals surface area contributed by atoms with Crippen molar-refractivity contribution in [3.63, 3.8) is 0 Å². The third kappa shape index (κ3) is 2.39. The van der Waals surface area contributed by atoms with E-state index in [2.05, 4.69) is 5.32 Å². The number of rotatable bonds is 4. The van der Waals surface area contributed by atoms with Gasteiger partial charge in [0.2, 0.25) is 0 Å². The molecule has 0 radical (unpaired) electrons. The van der Waals surface area contributed by atoms with Gasteiger partial charge in [-0.3, -0.25) is 4.79 Å². The van der Waals surface area contributed by atoms with Crippen molar-refractivity contribution >= 4 is 5.78 Å². The molecule has 1 aromatic carbocycles. The predicted molar refractivity (Wildman–Crippen MR) is 51.8 cm³/mol. The third-order valence-electron chi connectivity index (χ3n) is 2.28. The van der Waals surface area contributed by atoms with Crippen LogP contribution in [0.5, 0.6) is 0 Å².